The summed E-state index contributed by atoms with van der Waals surface area (Å²) in [4.78, 5) is 39.7. The van der Waals surface area contributed by atoms with Crippen molar-refractivity contribution in [2.45, 2.75) is 16.8 Å². The van der Waals surface area contributed by atoms with E-state index in [1.165, 1.54) is 13.3 Å². The summed E-state index contributed by atoms with van der Waals surface area (Å²) >= 11 is 1.02. The van der Waals surface area contributed by atoms with Gasteiger partial charge in [0.15, 0.2) is 5.03 Å². The van der Waals surface area contributed by atoms with Gasteiger partial charge < -0.3 is 10.1 Å². The van der Waals surface area contributed by atoms with Crippen LogP contribution < -0.4 is 5.32 Å². The zero-order chi connectivity index (χ0) is 21.7. The van der Waals surface area contributed by atoms with E-state index >= 15 is 0 Å². The zero-order valence-electron chi connectivity index (χ0n) is 16.1. The molecule has 0 bridgehead atoms. The maximum absolute atomic E-state index is 12.6. The van der Waals surface area contributed by atoms with Crippen LogP contribution in [0.5, 0.6) is 0 Å². The molecule has 1 amide bonds. The SMILES string of the molecule is COC(=O)c1cnc(Sc2ccccc2NC(=O)c2ccc(C)cc2)c([N+](=O)[O-])c1. The second-order valence-electron chi connectivity index (χ2n) is 6.22. The predicted molar refractivity (Wildman–Crippen MR) is 112 cm³/mol. The Morgan fingerprint density at radius 1 is 1.10 bits per heavy atom. The van der Waals surface area contributed by atoms with Crippen LogP contribution in [0.1, 0.15) is 26.3 Å². The number of anilines is 1. The van der Waals surface area contributed by atoms with E-state index in [9.17, 15) is 19.7 Å². The molecule has 0 aliphatic heterocycles. The average molecular weight is 423 g/mol. The summed E-state index contributed by atoms with van der Waals surface area (Å²) in [5.41, 5.74) is 1.67. The Morgan fingerprint density at radius 3 is 2.47 bits per heavy atom. The van der Waals surface area contributed by atoms with E-state index in [1.54, 1.807) is 36.4 Å². The van der Waals surface area contributed by atoms with Gasteiger partial charge in [0.05, 0.1) is 23.3 Å². The number of para-hydroxylation sites is 1. The van der Waals surface area contributed by atoms with Gasteiger partial charge in [0.1, 0.15) is 0 Å². The average Bonchev–Trinajstić information content (AvgIpc) is 2.75. The molecule has 1 N–H and O–H groups in total. The lowest BCUT2D eigenvalue weighted by Gasteiger charge is -2.11. The lowest BCUT2D eigenvalue weighted by Crippen LogP contribution is -2.12. The van der Waals surface area contributed by atoms with E-state index in [4.69, 9.17) is 0 Å². The molecular weight excluding hydrogens is 406 g/mol. The molecule has 0 atom stereocenters. The van der Waals surface area contributed by atoms with Gasteiger partial charge in [0.25, 0.3) is 5.91 Å². The van der Waals surface area contributed by atoms with Crippen LogP contribution in [0, 0.1) is 17.0 Å². The van der Waals surface area contributed by atoms with Gasteiger partial charge in [-0.25, -0.2) is 9.78 Å². The molecule has 30 heavy (non-hydrogen) atoms. The number of nitrogens with zero attached hydrogens (tertiary/aromatic N) is 2. The van der Waals surface area contributed by atoms with E-state index in [-0.39, 0.29) is 22.2 Å². The highest BCUT2D eigenvalue weighted by Gasteiger charge is 2.21. The number of methoxy groups -OCH3 is 1. The van der Waals surface area contributed by atoms with E-state index in [2.05, 4.69) is 15.0 Å². The molecule has 8 nitrogen and oxygen atoms in total. The quantitative estimate of drug-likeness (QED) is 0.353. The molecule has 152 valence electrons. The molecule has 9 heteroatoms. The van der Waals surface area contributed by atoms with Crippen LogP contribution in [0.25, 0.3) is 0 Å². The van der Waals surface area contributed by atoms with Crippen molar-refractivity contribution >= 4 is 35.0 Å². The summed E-state index contributed by atoms with van der Waals surface area (Å²) in [5.74, 6) is -1.01. The van der Waals surface area contributed by atoms with Crippen molar-refractivity contribution in [1.29, 1.82) is 0 Å². The van der Waals surface area contributed by atoms with E-state index in [0.717, 1.165) is 23.4 Å². The summed E-state index contributed by atoms with van der Waals surface area (Å²) in [6.45, 7) is 1.93. The molecule has 0 unspecified atom stereocenters. The van der Waals surface area contributed by atoms with Crippen LogP contribution in [-0.2, 0) is 4.74 Å². The van der Waals surface area contributed by atoms with E-state index in [0.29, 0.717) is 16.1 Å². The van der Waals surface area contributed by atoms with Gasteiger partial charge in [-0.05, 0) is 31.2 Å². The lowest BCUT2D eigenvalue weighted by atomic mass is 10.1. The summed E-state index contributed by atoms with van der Waals surface area (Å²) < 4.78 is 4.59. The first-order valence-corrected chi connectivity index (χ1v) is 9.58. The van der Waals surface area contributed by atoms with Crippen LogP contribution in [0.2, 0.25) is 0 Å². The normalized spacial score (nSPS) is 10.3. The molecule has 2 aromatic carbocycles. The summed E-state index contributed by atoms with van der Waals surface area (Å²) in [6, 6.07) is 15.1. The summed E-state index contributed by atoms with van der Waals surface area (Å²) in [5, 5.41) is 14.4. The van der Waals surface area contributed by atoms with Crippen LogP contribution in [0.15, 0.2) is 70.7 Å². The zero-order valence-corrected chi connectivity index (χ0v) is 16.9. The number of nitrogens with one attached hydrogen (secondary N) is 1. The number of carbonyl (C=O) groups excluding carboxylic acids is 2. The Hall–Kier alpha value is -3.72. The third kappa shape index (κ3) is 4.81. The molecular formula is C21H17N3O5S. The molecule has 0 saturated heterocycles. The Bertz CT molecular complexity index is 1120. The highest BCUT2D eigenvalue weighted by atomic mass is 32.2. The number of hydrogen-bond acceptors (Lipinski definition) is 7. The van der Waals surface area contributed by atoms with Crippen molar-refractivity contribution in [1.82, 2.24) is 4.98 Å². The minimum absolute atomic E-state index is 0.0190. The van der Waals surface area contributed by atoms with Crippen LogP contribution in [0.4, 0.5) is 11.4 Å². The molecule has 0 aliphatic rings. The summed E-state index contributed by atoms with van der Waals surface area (Å²) in [6.07, 6.45) is 1.22. The number of nitro groups is 1. The number of carbonyl (C=O) groups is 2. The van der Waals surface area contributed by atoms with Crippen molar-refractivity contribution in [2.24, 2.45) is 0 Å². The third-order valence-electron chi connectivity index (χ3n) is 4.11. The van der Waals surface area contributed by atoms with Gasteiger partial charge in [-0.15, -0.1) is 0 Å². The number of esters is 1. The first-order valence-electron chi connectivity index (χ1n) is 8.76. The number of pyridine rings is 1. The number of amides is 1. The van der Waals surface area contributed by atoms with Gasteiger partial charge in [-0.3, -0.25) is 14.9 Å². The van der Waals surface area contributed by atoms with Crippen molar-refractivity contribution < 1.29 is 19.2 Å². The number of aryl methyl sites for hydroxylation is 1. The maximum atomic E-state index is 12.6. The van der Waals surface area contributed by atoms with Gasteiger partial charge in [-0.2, -0.15) is 0 Å². The lowest BCUT2D eigenvalue weighted by molar-refractivity contribution is -0.388. The molecule has 0 aliphatic carbocycles. The monoisotopic (exact) mass is 423 g/mol. The molecule has 0 saturated carbocycles. The fraction of sp³-hybridized carbons (Fsp3) is 0.0952. The molecule has 3 aromatic rings. The van der Waals surface area contributed by atoms with Crippen molar-refractivity contribution in [3.63, 3.8) is 0 Å². The molecule has 0 spiro atoms. The van der Waals surface area contributed by atoms with Gasteiger partial charge in [0, 0.05) is 22.7 Å². The second-order valence-corrected chi connectivity index (χ2v) is 7.25. The Kier molecular flexibility index (Phi) is 6.43. The van der Waals surface area contributed by atoms with Crippen LogP contribution >= 0.6 is 11.8 Å². The number of rotatable bonds is 6. The van der Waals surface area contributed by atoms with Gasteiger partial charge in [-0.1, -0.05) is 41.6 Å². The predicted octanol–water partition coefficient (Wildman–Crippen LogP) is 4.49. The Balaban J connectivity index is 1.89. The van der Waals surface area contributed by atoms with Crippen molar-refractivity contribution in [3.05, 3.63) is 87.6 Å². The summed E-state index contributed by atoms with van der Waals surface area (Å²) in [7, 11) is 1.18. The van der Waals surface area contributed by atoms with Crippen molar-refractivity contribution in [3.8, 4) is 0 Å². The van der Waals surface area contributed by atoms with Gasteiger partial charge in [0.2, 0.25) is 0 Å². The van der Waals surface area contributed by atoms with E-state index < -0.39 is 10.9 Å². The first kappa shape index (κ1) is 21.0. The van der Waals surface area contributed by atoms with Gasteiger partial charge >= 0.3 is 11.7 Å². The fourth-order valence-corrected chi connectivity index (χ4v) is 3.47. The molecule has 1 aromatic heterocycles. The number of aromatic nitrogens is 1. The topological polar surface area (TPSA) is 111 Å². The number of benzene rings is 2. The second kappa shape index (κ2) is 9.19. The molecule has 0 radical (unpaired) electrons. The van der Waals surface area contributed by atoms with Crippen LogP contribution in [-0.4, -0.2) is 28.9 Å². The number of hydrogen-bond donors (Lipinski definition) is 1. The Morgan fingerprint density at radius 2 is 1.80 bits per heavy atom. The standard InChI is InChI=1S/C21H17N3O5S/c1-13-7-9-14(10-8-13)19(25)23-16-5-3-4-6-18(16)30-20-17(24(27)28)11-15(12-22-20)21(26)29-2/h3-12H,1-2H3,(H,23,25). The maximum Gasteiger partial charge on any atom is 0.339 e. The molecule has 0 fully saturated rings. The highest BCUT2D eigenvalue weighted by Crippen LogP contribution is 2.37. The first-order chi connectivity index (χ1) is 14.4. The minimum atomic E-state index is -0.715. The third-order valence-corrected chi connectivity index (χ3v) is 5.19. The minimum Gasteiger partial charge on any atom is -0.465 e. The van der Waals surface area contributed by atoms with Crippen molar-refractivity contribution in [2.75, 3.05) is 12.4 Å². The Labute approximate surface area is 176 Å². The largest absolute Gasteiger partial charge is 0.465 e. The van der Waals surface area contributed by atoms with Crippen LogP contribution in [0.3, 0.4) is 0 Å². The molecule has 3 rings (SSSR count). The van der Waals surface area contributed by atoms with E-state index in [1.807, 2.05) is 19.1 Å². The highest BCUT2D eigenvalue weighted by molar-refractivity contribution is 7.99. The molecule has 1 heterocycles. The smallest absolute Gasteiger partial charge is 0.339 e. The fourth-order valence-electron chi connectivity index (χ4n) is 2.54. The number of ether oxygens (including phenoxy) is 1.